The van der Waals surface area contributed by atoms with Crippen LogP contribution >= 0.6 is 0 Å². The number of furan rings is 1. The van der Waals surface area contributed by atoms with Crippen molar-refractivity contribution in [3.8, 4) is 27.9 Å². The van der Waals surface area contributed by atoms with Crippen LogP contribution in [0.15, 0.2) is 138 Å². The Hall–Kier alpha value is -5.80. The van der Waals surface area contributed by atoms with E-state index >= 15 is 0 Å². The Morgan fingerprint density at radius 2 is 1.36 bits per heavy atom. The number of rotatable bonds is 3. The van der Waals surface area contributed by atoms with E-state index in [1.807, 2.05) is 12.1 Å². The van der Waals surface area contributed by atoms with Gasteiger partial charge >= 0.3 is 0 Å². The summed E-state index contributed by atoms with van der Waals surface area (Å²) >= 11 is 0. The molecule has 0 saturated heterocycles. The summed E-state index contributed by atoms with van der Waals surface area (Å²) in [4.78, 5) is 3.56. The highest BCUT2D eigenvalue weighted by Gasteiger charge is 2.20. The second kappa shape index (κ2) is 9.35. The number of nitrogens with zero attached hydrogens (tertiary/aromatic N) is 1. The van der Waals surface area contributed by atoms with Crippen molar-refractivity contribution in [2.45, 2.75) is 12.8 Å². The predicted octanol–water partition coefficient (Wildman–Crippen LogP) is 11.5. The van der Waals surface area contributed by atoms with Crippen molar-refractivity contribution >= 4 is 60.7 Å². The molecule has 3 heteroatoms. The summed E-state index contributed by atoms with van der Waals surface area (Å²) in [6, 6.07) is 46.0. The summed E-state index contributed by atoms with van der Waals surface area (Å²) in [5.41, 5.74) is 14.2. The molecule has 3 aromatic heterocycles. The fraction of sp³-hybridized carbons (Fsp3) is 0.0476. The number of aromatic amines is 1. The van der Waals surface area contributed by atoms with E-state index in [9.17, 15) is 0 Å². The molecule has 0 spiro atoms. The van der Waals surface area contributed by atoms with Crippen LogP contribution in [0, 0.1) is 0 Å². The van der Waals surface area contributed by atoms with E-state index in [1.165, 1.54) is 77.3 Å². The quantitative estimate of drug-likeness (QED) is 0.223. The maximum absolute atomic E-state index is 6.22. The van der Waals surface area contributed by atoms with Crippen LogP contribution in [0.25, 0.3) is 88.7 Å². The highest BCUT2D eigenvalue weighted by atomic mass is 16.3. The Morgan fingerprint density at radius 3 is 2.31 bits per heavy atom. The molecule has 3 nitrogen and oxygen atoms in total. The second-order valence-electron chi connectivity index (χ2n) is 12.1. The Kier molecular flexibility index (Phi) is 5.11. The maximum atomic E-state index is 6.22. The van der Waals surface area contributed by atoms with Gasteiger partial charge in [0, 0.05) is 54.9 Å². The van der Waals surface area contributed by atoms with Gasteiger partial charge in [0.15, 0.2) is 0 Å². The van der Waals surface area contributed by atoms with Crippen LogP contribution in [0.1, 0.15) is 17.7 Å². The van der Waals surface area contributed by atoms with Gasteiger partial charge in [-0.2, -0.15) is 0 Å². The van der Waals surface area contributed by atoms with Gasteiger partial charge in [-0.05, 0) is 89.7 Å². The molecular weight excluding hydrogens is 548 g/mol. The van der Waals surface area contributed by atoms with E-state index in [0.29, 0.717) is 0 Å². The van der Waals surface area contributed by atoms with Crippen molar-refractivity contribution in [3.05, 3.63) is 145 Å². The van der Waals surface area contributed by atoms with Crippen molar-refractivity contribution in [3.63, 3.8) is 0 Å². The number of H-pyrrole nitrogens is 1. The number of fused-ring (bicyclic) bond motifs is 9. The first-order valence-electron chi connectivity index (χ1n) is 15.7. The Balaban J connectivity index is 1.15. The summed E-state index contributed by atoms with van der Waals surface area (Å²) in [5, 5.41) is 6.15. The summed E-state index contributed by atoms with van der Waals surface area (Å²) < 4.78 is 8.71. The van der Waals surface area contributed by atoms with Crippen LogP contribution in [-0.4, -0.2) is 9.55 Å². The smallest absolute Gasteiger partial charge is 0.136 e. The molecule has 9 aromatic rings. The van der Waals surface area contributed by atoms with Gasteiger partial charge in [-0.25, -0.2) is 0 Å². The lowest BCUT2D eigenvalue weighted by Crippen LogP contribution is -2.03. The van der Waals surface area contributed by atoms with Crippen molar-refractivity contribution in [2.24, 2.45) is 0 Å². The SMILES string of the molecule is C1=Cc2c(n(-c3cccc(-c4cccc5oc6ccccc6c45)c3)c3ccc(-c4ccc5[nH]c6ccccc6c5c4)cc23)CC1. The number of nitrogens with one attached hydrogen (secondary N) is 1. The first-order chi connectivity index (χ1) is 22.3. The number of hydrogen-bond donors (Lipinski definition) is 1. The molecule has 1 aliphatic carbocycles. The summed E-state index contributed by atoms with van der Waals surface area (Å²) in [7, 11) is 0. The normalized spacial score (nSPS) is 13.1. The Morgan fingerprint density at radius 1 is 0.578 bits per heavy atom. The monoisotopic (exact) mass is 576 g/mol. The molecule has 0 fully saturated rings. The van der Waals surface area contributed by atoms with Gasteiger partial charge < -0.3 is 14.0 Å². The highest BCUT2D eigenvalue weighted by molar-refractivity contribution is 6.12. The van der Waals surface area contributed by atoms with Crippen LogP contribution in [0.2, 0.25) is 0 Å². The fourth-order valence-electron chi connectivity index (χ4n) is 7.55. The Labute approximate surface area is 259 Å². The molecular formula is C42H28N2O. The molecule has 10 rings (SSSR count). The zero-order valence-corrected chi connectivity index (χ0v) is 24.5. The number of para-hydroxylation sites is 2. The minimum absolute atomic E-state index is 0.923. The van der Waals surface area contributed by atoms with Crippen molar-refractivity contribution in [1.29, 1.82) is 0 Å². The molecule has 45 heavy (non-hydrogen) atoms. The summed E-state index contributed by atoms with van der Waals surface area (Å²) in [6.45, 7) is 0. The minimum Gasteiger partial charge on any atom is -0.456 e. The lowest BCUT2D eigenvalue weighted by Gasteiger charge is -2.15. The third-order valence-corrected chi connectivity index (χ3v) is 9.60. The molecule has 0 saturated carbocycles. The fourth-order valence-corrected chi connectivity index (χ4v) is 7.55. The molecule has 3 heterocycles. The van der Waals surface area contributed by atoms with Crippen LogP contribution in [0.4, 0.5) is 0 Å². The van der Waals surface area contributed by atoms with Crippen LogP contribution < -0.4 is 0 Å². The summed E-state index contributed by atoms with van der Waals surface area (Å²) in [5.74, 6) is 0. The van der Waals surface area contributed by atoms with Crippen LogP contribution in [0.5, 0.6) is 0 Å². The summed E-state index contributed by atoms with van der Waals surface area (Å²) in [6.07, 6.45) is 6.71. The highest BCUT2D eigenvalue weighted by Crippen LogP contribution is 2.40. The van der Waals surface area contributed by atoms with E-state index in [2.05, 4.69) is 137 Å². The third-order valence-electron chi connectivity index (χ3n) is 9.60. The predicted molar refractivity (Wildman–Crippen MR) is 188 cm³/mol. The van der Waals surface area contributed by atoms with Gasteiger partial charge in [0.25, 0.3) is 0 Å². The van der Waals surface area contributed by atoms with E-state index in [0.717, 1.165) is 29.4 Å². The van der Waals surface area contributed by atoms with Crippen molar-refractivity contribution in [2.75, 3.05) is 0 Å². The number of hydrogen-bond acceptors (Lipinski definition) is 1. The van der Waals surface area contributed by atoms with Gasteiger partial charge in [0.05, 0.1) is 5.52 Å². The first-order valence-corrected chi connectivity index (χ1v) is 15.7. The molecule has 6 aromatic carbocycles. The van der Waals surface area contributed by atoms with E-state index < -0.39 is 0 Å². The number of benzene rings is 6. The molecule has 212 valence electrons. The second-order valence-corrected chi connectivity index (χ2v) is 12.1. The molecule has 0 radical (unpaired) electrons. The van der Waals surface area contributed by atoms with Crippen molar-refractivity contribution < 1.29 is 4.42 Å². The molecule has 0 unspecified atom stereocenters. The van der Waals surface area contributed by atoms with Gasteiger partial charge in [-0.15, -0.1) is 0 Å². The minimum atomic E-state index is 0.923. The van der Waals surface area contributed by atoms with E-state index in [4.69, 9.17) is 4.42 Å². The van der Waals surface area contributed by atoms with E-state index in [1.54, 1.807) is 0 Å². The lowest BCUT2D eigenvalue weighted by atomic mass is 9.98. The van der Waals surface area contributed by atoms with Gasteiger partial charge in [-0.3, -0.25) is 0 Å². The molecule has 0 bridgehead atoms. The maximum Gasteiger partial charge on any atom is 0.136 e. The standard InChI is InChI=1S/C42H28N2O/c1-4-15-36-31(11-1)34-24-26(19-21-37(34)43-36)27-20-22-39-35(25-27)32-12-2-5-16-38(32)44(39)29-10-7-9-28(23-29)30-14-8-18-41-42(30)33-13-3-6-17-40(33)45-41/h1-4,6-15,17-25,43H,5,16H2. The molecule has 1 aliphatic rings. The van der Waals surface area contributed by atoms with Gasteiger partial charge in [0.1, 0.15) is 11.2 Å². The Bertz CT molecular complexity index is 2660. The largest absolute Gasteiger partial charge is 0.456 e. The average molecular weight is 577 g/mol. The first kappa shape index (κ1) is 24.6. The molecule has 1 N–H and O–H groups in total. The third kappa shape index (κ3) is 3.64. The van der Waals surface area contributed by atoms with Crippen LogP contribution in [0.3, 0.4) is 0 Å². The molecule has 0 atom stereocenters. The van der Waals surface area contributed by atoms with Crippen LogP contribution in [-0.2, 0) is 6.42 Å². The van der Waals surface area contributed by atoms with Gasteiger partial charge in [0.2, 0.25) is 0 Å². The van der Waals surface area contributed by atoms with Gasteiger partial charge in [-0.1, -0.05) is 84.9 Å². The zero-order chi connectivity index (χ0) is 29.5. The molecule has 0 amide bonds. The zero-order valence-electron chi connectivity index (χ0n) is 24.5. The van der Waals surface area contributed by atoms with Crippen molar-refractivity contribution in [1.82, 2.24) is 9.55 Å². The number of allylic oxidation sites excluding steroid dienone is 1. The average Bonchev–Trinajstić information content (AvgIpc) is 3.77. The number of aromatic nitrogens is 2. The lowest BCUT2D eigenvalue weighted by molar-refractivity contribution is 0.669. The molecule has 0 aliphatic heterocycles. The topological polar surface area (TPSA) is 33.9 Å². The van der Waals surface area contributed by atoms with E-state index in [-0.39, 0.29) is 0 Å².